The van der Waals surface area contributed by atoms with E-state index in [0.717, 1.165) is 46.3 Å². The van der Waals surface area contributed by atoms with Gasteiger partial charge in [-0.1, -0.05) is 108 Å². The van der Waals surface area contributed by atoms with E-state index in [2.05, 4.69) is 112 Å². The zero-order valence-corrected chi connectivity index (χ0v) is 27.5. The SMILES string of the molecule is Cc1ccc2c(c1)c1nnc(SC(C)C(=O)N3CCN(C(c4ccccc4)c4ccccc4)CC3)nc1n2Cc1cccc(Cl)c1. The third-order valence-corrected chi connectivity index (χ3v) is 9.86. The summed E-state index contributed by atoms with van der Waals surface area (Å²) in [5.41, 5.74) is 7.29. The molecule has 2 aromatic heterocycles. The van der Waals surface area contributed by atoms with Gasteiger partial charge in [0.25, 0.3) is 0 Å². The molecular weight excluding hydrogens is 612 g/mol. The highest BCUT2D eigenvalue weighted by Gasteiger charge is 2.30. The van der Waals surface area contributed by atoms with Gasteiger partial charge in [0.1, 0.15) is 5.52 Å². The third kappa shape index (κ3) is 6.25. The van der Waals surface area contributed by atoms with E-state index in [0.29, 0.717) is 29.8 Å². The number of amides is 1. The molecule has 0 saturated carbocycles. The van der Waals surface area contributed by atoms with Crippen molar-refractivity contribution < 1.29 is 4.79 Å². The van der Waals surface area contributed by atoms with Crippen molar-refractivity contribution in [3.8, 4) is 0 Å². The number of thioether (sulfide) groups is 1. The minimum absolute atomic E-state index is 0.0967. The maximum atomic E-state index is 13.7. The van der Waals surface area contributed by atoms with Crippen LogP contribution in [0, 0.1) is 6.92 Å². The number of hydrogen-bond donors (Lipinski definition) is 0. The smallest absolute Gasteiger partial charge is 0.235 e. The first-order valence-electron chi connectivity index (χ1n) is 15.6. The Bertz CT molecular complexity index is 1950. The topological polar surface area (TPSA) is 67.2 Å². The summed E-state index contributed by atoms with van der Waals surface area (Å²) in [4.78, 5) is 23.1. The van der Waals surface area contributed by atoms with Crippen molar-refractivity contribution in [1.29, 1.82) is 0 Å². The molecule has 0 radical (unpaired) electrons. The van der Waals surface area contributed by atoms with Crippen molar-refractivity contribution in [2.75, 3.05) is 26.2 Å². The summed E-state index contributed by atoms with van der Waals surface area (Å²) in [5, 5.41) is 11.0. The summed E-state index contributed by atoms with van der Waals surface area (Å²) in [5.74, 6) is 0.0967. The van der Waals surface area contributed by atoms with Gasteiger partial charge < -0.3 is 9.47 Å². The van der Waals surface area contributed by atoms with Crippen molar-refractivity contribution in [2.45, 2.75) is 36.8 Å². The van der Waals surface area contributed by atoms with Gasteiger partial charge in [-0.15, -0.1) is 10.2 Å². The van der Waals surface area contributed by atoms with Crippen molar-refractivity contribution in [3.63, 3.8) is 0 Å². The molecule has 1 aliphatic heterocycles. The Morgan fingerprint density at radius 1 is 0.848 bits per heavy atom. The van der Waals surface area contributed by atoms with E-state index in [1.54, 1.807) is 0 Å². The van der Waals surface area contributed by atoms with Gasteiger partial charge in [-0.3, -0.25) is 9.69 Å². The molecule has 232 valence electrons. The quantitative estimate of drug-likeness (QED) is 0.161. The third-order valence-electron chi connectivity index (χ3n) is 8.68. The number of benzene rings is 4. The van der Waals surface area contributed by atoms with Gasteiger partial charge in [0.05, 0.1) is 16.8 Å². The maximum absolute atomic E-state index is 13.7. The van der Waals surface area contributed by atoms with Crippen LogP contribution in [0.4, 0.5) is 0 Å². The van der Waals surface area contributed by atoms with E-state index < -0.39 is 0 Å². The number of piperazine rings is 1. The predicted molar refractivity (Wildman–Crippen MR) is 186 cm³/mol. The van der Waals surface area contributed by atoms with Crippen molar-refractivity contribution in [3.05, 3.63) is 130 Å². The fourth-order valence-corrected chi connectivity index (χ4v) is 7.44. The lowest BCUT2D eigenvalue weighted by Crippen LogP contribution is -2.51. The van der Waals surface area contributed by atoms with Crippen LogP contribution in [0.5, 0.6) is 0 Å². The number of halogens is 1. The lowest BCUT2D eigenvalue weighted by atomic mass is 9.96. The van der Waals surface area contributed by atoms with Gasteiger partial charge in [-0.25, -0.2) is 4.98 Å². The molecule has 0 spiro atoms. The summed E-state index contributed by atoms with van der Waals surface area (Å²) in [7, 11) is 0. The highest BCUT2D eigenvalue weighted by molar-refractivity contribution is 8.00. The number of carbonyl (C=O) groups excluding carboxylic acids is 1. The van der Waals surface area contributed by atoms with Crippen LogP contribution in [0.3, 0.4) is 0 Å². The van der Waals surface area contributed by atoms with Crippen molar-refractivity contribution in [1.82, 2.24) is 29.5 Å². The molecule has 3 heterocycles. The van der Waals surface area contributed by atoms with Gasteiger partial charge in [0.15, 0.2) is 5.65 Å². The molecule has 1 unspecified atom stereocenters. The van der Waals surface area contributed by atoms with E-state index in [-0.39, 0.29) is 17.2 Å². The van der Waals surface area contributed by atoms with Crippen LogP contribution in [0.1, 0.15) is 35.2 Å². The van der Waals surface area contributed by atoms with Gasteiger partial charge in [0, 0.05) is 43.1 Å². The molecule has 7 rings (SSSR count). The molecule has 1 aliphatic rings. The zero-order chi connectivity index (χ0) is 31.6. The molecule has 9 heteroatoms. The molecule has 1 fully saturated rings. The number of aromatic nitrogens is 4. The van der Waals surface area contributed by atoms with E-state index in [4.69, 9.17) is 16.6 Å². The first-order chi connectivity index (χ1) is 22.4. The lowest BCUT2D eigenvalue weighted by Gasteiger charge is -2.40. The lowest BCUT2D eigenvalue weighted by molar-refractivity contribution is -0.132. The Balaban J connectivity index is 1.09. The molecule has 4 aromatic carbocycles. The molecule has 46 heavy (non-hydrogen) atoms. The minimum Gasteiger partial charge on any atom is -0.339 e. The molecule has 1 amide bonds. The molecule has 0 aliphatic carbocycles. The molecule has 1 saturated heterocycles. The van der Waals surface area contributed by atoms with Crippen molar-refractivity contribution >= 4 is 51.3 Å². The number of hydrogen-bond acceptors (Lipinski definition) is 6. The van der Waals surface area contributed by atoms with E-state index >= 15 is 0 Å². The largest absolute Gasteiger partial charge is 0.339 e. The van der Waals surface area contributed by atoms with E-state index in [1.807, 2.05) is 30.0 Å². The fraction of sp³-hybridized carbons (Fsp3) is 0.243. The zero-order valence-electron chi connectivity index (χ0n) is 25.9. The number of nitrogens with zero attached hydrogens (tertiary/aromatic N) is 6. The summed E-state index contributed by atoms with van der Waals surface area (Å²) in [6.07, 6.45) is 0. The minimum atomic E-state index is -0.349. The summed E-state index contributed by atoms with van der Waals surface area (Å²) in [6.45, 7) is 7.54. The van der Waals surface area contributed by atoms with Gasteiger partial charge in [-0.05, 0) is 54.8 Å². The van der Waals surface area contributed by atoms with Crippen molar-refractivity contribution in [2.24, 2.45) is 0 Å². The van der Waals surface area contributed by atoms with E-state index in [9.17, 15) is 4.79 Å². The normalized spacial score (nSPS) is 14.7. The summed E-state index contributed by atoms with van der Waals surface area (Å²) < 4.78 is 2.16. The van der Waals surface area contributed by atoms with Crippen LogP contribution in [0.25, 0.3) is 22.1 Å². The monoisotopic (exact) mass is 646 g/mol. The summed E-state index contributed by atoms with van der Waals surface area (Å²) >= 11 is 7.68. The first-order valence-corrected chi connectivity index (χ1v) is 16.9. The number of rotatable bonds is 8. The number of fused-ring (bicyclic) bond motifs is 3. The predicted octanol–water partition coefficient (Wildman–Crippen LogP) is 7.40. The van der Waals surface area contributed by atoms with Crippen LogP contribution in [0.2, 0.25) is 5.02 Å². The first kappa shape index (κ1) is 30.4. The second-order valence-electron chi connectivity index (χ2n) is 11.8. The average Bonchev–Trinajstić information content (AvgIpc) is 3.37. The Labute approximate surface area is 278 Å². The second kappa shape index (κ2) is 13.2. The molecule has 7 nitrogen and oxygen atoms in total. The van der Waals surface area contributed by atoms with E-state index in [1.165, 1.54) is 22.9 Å². The molecule has 0 N–H and O–H groups in total. The van der Waals surface area contributed by atoms with Crippen LogP contribution >= 0.6 is 23.4 Å². The van der Waals surface area contributed by atoms with Crippen LogP contribution in [-0.4, -0.2) is 66.9 Å². The highest BCUT2D eigenvalue weighted by atomic mass is 35.5. The molecule has 1 atom stereocenters. The van der Waals surface area contributed by atoms with Crippen LogP contribution in [0.15, 0.2) is 108 Å². The Hall–Kier alpha value is -4.24. The average molecular weight is 647 g/mol. The standard InChI is InChI=1S/C37H35ClN6OS/c1-25-16-17-32-31(22-25)33-35(44(32)24-27-10-9-15-30(38)23-27)39-37(41-40-33)46-26(2)36(45)43-20-18-42(19-21-43)34(28-11-5-3-6-12-28)29-13-7-4-8-14-29/h3-17,22-23,26,34H,18-21,24H2,1-2H3. The van der Waals surface area contributed by atoms with Crippen LogP contribution < -0.4 is 0 Å². The summed E-state index contributed by atoms with van der Waals surface area (Å²) in [6, 6.07) is 35.6. The molecule has 6 aromatic rings. The Morgan fingerprint density at radius 3 is 2.22 bits per heavy atom. The molecular formula is C37H35ClN6OS. The van der Waals surface area contributed by atoms with Crippen LogP contribution in [-0.2, 0) is 11.3 Å². The fourth-order valence-electron chi connectivity index (χ4n) is 6.43. The molecule has 0 bridgehead atoms. The van der Waals surface area contributed by atoms with Gasteiger partial charge in [-0.2, -0.15) is 0 Å². The Morgan fingerprint density at radius 2 is 1.54 bits per heavy atom. The van der Waals surface area contributed by atoms with Gasteiger partial charge in [0.2, 0.25) is 11.1 Å². The Kier molecular flexibility index (Phi) is 8.76. The second-order valence-corrected chi connectivity index (χ2v) is 13.6. The number of aryl methyl sites for hydroxylation is 1. The maximum Gasteiger partial charge on any atom is 0.235 e. The number of carbonyl (C=O) groups is 1. The highest BCUT2D eigenvalue weighted by Crippen LogP contribution is 2.32. The van der Waals surface area contributed by atoms with Gasteiger partial charge >= 0.3 is 0 Å².